The van der Waals surface area contributed by atoms with Gasteiger partial charge in [0, 0.05) is 16.0 Å². The first-order valence-electron chi connectivity index (χ1n) is 3.68. The van der Waals surface area contributed by atoms with Crippen molar-refractivity contribution >= 4 is 21.9 Å². The fourth-order valence-electron chi connectivity index (χ4n) is 0.800. The van der Waals surface area contributed by atoms with Crippen LogP contribution in [0.4, 0.5) is 4.39 Å². The third-order valence-electron chi connectivity index (χ3n) is 1.36. The summed E-state index contributed by atoms with van der Waals surface area (Å²) in [5.74, 6) is 3.63. The van der Waals surface area contributed by atoms with E-state index in [0.717, 1.165) is 0 Å². The number of carbonyl (C=O) groups excluding carboxylic acids is 1. The molecule has 0 radical (unpaired) electrons. The van der Waals surface area contributed by atoms with Crippen LogP contribution in [0, 0.1) is 17.7 Å². The van der Waals surface area contributed by atoms with Crippen LogP contribution in [0.1, 0.15) is 5.56 Å². The number of methoxy groups -OCH3 is 1. The molecule has 4 heteroatoms. The Morgan fingerprint density at radius 2 is 2.21 bits per heavy atom. The Kier molecular flexibility index (Phi) is 3.66. The summed E-state index contributed by atoms with van der Waals surface area (Å²) < 4.78 is 17.7. The minimum atomic E-state index is -0.648. The maximum atomic E-state index is 12.8. The van der Waals surface area contributed by atoms with Gasteiger partial charge in [-0.25, -0.2) is 9.18 Å². The quantitative estimate of drug-likeness (QED) is 0.525. The van der Waals surface area contributed by atoms with E-state index in [1.165, 1.54) is 19.2 Å². The van der Waals surface area contributed by atoms with Crippen LogP contribution >= 0.6 is 15.9 Å². The number of esters is 1. The highest BCUT2D eigenvalue weighted by Crippen LogP contribution is 2.13. The first-order chi connectivity index (χ1) is 6.61. The van der Waals surface area contributed by atoms with Gasteiger partial charge in [-0.1, -0.05) is 21.9 Å². The number of halogens is 2. The van der Waals surface area contributed by atoms with Crippen LogP contribution < -0.4 is 0 Å². The predicted molar refractivity (Wildman–Crippen MR) is 53.0 cm³/mol. The second-order valence-corrected chi connectivity index (χ2v) is 3.32. The van der Waals surface area contributed by atoms with Gasteiger partial charge in [0.15, 0.2) is 0 Å². The van der Waals surface area contributed by atoms with E-state index in [1.54, 1.807) is 6.07 Å². The molecule has 72 valence electrons. The fraction of sp³-hybridized carbons (Fsp3) is 0.100. The number of rotatable bonds is 0. The van der Waals surface area contributed by atoms with Gasteiger partial charge in [0.2, 0.25) is 0 Å². The van der Waals surface area contributed by atoms with Crippen LogP contribution in [0.15, 0.2) is 22.7 Å². The first-order valence-corrected chi connectivity index (χ1v) is 4.47. The van der Waals surface area contributed by atoms with Gasteiger partial charge < -0.3 is 4.74 Å². The van der Waals surface area contributed by atoms with Gasteiger partial charge >= 0.3 is 5.97 Å². The molecule has 1 rings (SSSR count). The van der Waals surface area contributed by atoms with E-state index in [4.69, 9.17) is 0 Å². The summed E-state index contributed by atoms with van der Waals surface area (Å²) in [6.45, 7) is 0. The summed E-state index contributed by atoms with van der Waals surface area (Å²) in [4.78, 5) is 10.7. The molecule has 0 aliphatic carbocycles. The van der Waals surface area contributed by atoms with E-state index < -0.39 is 11.8 Å². The first kappa shape index (κ1) is 10.7. The van der Waals surface area contributed by atoms with E-state index in [2.05, 4.69) is 32.5 Å². The van der Waals surface area contributed by atoms with Crippen molar-refractivity contribution in [1.29, 1.82) is 0 Å². The van der Waals surface area contributed by atoms with Crippen LogP contribution in [0.5, 0.6) is 0 Å². The Labute approximate surface area is 89.2 Å². The highest BCUT2D eigenvalue weighted by Gasteiger charge is 1.96. The van der Waals surface area contributed by atoms with Crippen molar-refractivity contribution in [3.63, 3.8) is 0 Å². The van der Waals surface area contributed by atoms with Crippen LogP contribution in [-0.2, 0) is 9.53 Å². The van der Waals surface area contributed by atoms with Crippen molar-refractivity contribution < 1.29 is 13.9 Å². The normalized spacial score (nSPS) is 8.79. The maximum Gasteiger partial charge on any atom is 0.384 e. The molecule has 1 aromatic rings. The smallest absolute Gasteiger partial charge is 0.384 e. The molecule has 2 nitrogen and oxygen atoms in total. The molecule has 0 spiro atoms. The largest absolute Gasteiger partial charge is 0.459 e. The van der Waals surface area contributed by atoms with Crippen LogP contribution in [0.25, 0.3) is 0 Å². The van der Waals surface area contributed by atoms with Crippen molar-refractivity contribution in [2.45, 2.75) is 0 Å². The molecule has 0 heterocycles. The molecule has 14 heavy (non-hydrogen) atoms. The molecule has 0 N–H and O–H groups in total. The molecule has 0 fully saturated rings. The lowest BCUT2D eigenvalue weighted by molar-refractivity contribution is -0.133. The lowest BCUT2D eigenvalue weighted by atomic mass is 10.2. The molecular weight excluding hydrogens is 251 g/mol. The molecule has 0 saturated carbocycles. The number of benzene rings is 1. The van der Waals surface area contributed by atoms with Gasteiger partial charge in [0.05, 0.1) is 7.11 Å². The second kappa shape index (κ2) is 4.77. The zero-order valence-corrected chi connectivity index (χ0v) is 8.89. The van der Waals surface area contributed by atoms with Gasteiger partial charge in [-0.3, -0.25) is 0 Å². The van der Waals surface area contributed by atoms with E-state index in [-0.39, 0.29) is 0 Å². The zero-order chi connectivity index (χ0) is 10.6. The highest BCUT2D eigenvalue weighted by molar-refractivity contribution is 9.10. The summed E-state index contributed by atoms with van der Waals surface area (Å²) >= 11 is 3.11. The SMILES string of the molecule is COC(=O)C#Cc1cc(F)cc(Br)c1. The Bertz CT molecular complexity index is 398. The molecular formula is C10H6BrFO2. The predicted octanol–water partition coefficient (Wildman–Crippen LogP) is 2.11. The van der Waals surface area contributed by atoms with Crippen molar-refractivity contribution in [3.05, 3.63) is 34.1 Å². The summed E-state index contributed by atoms with van der Waals surface area (Å²) in [6, 6.07) is 4.16. The minimum absolute atomic E-state index is 0.409. The molecule has 0 saturated heterocycles. The summed E-state index contributed by atoms with van der Waals surface area (Å²) in [6.07, 6.45) is 0. The van der Waals surface area contributed by atoms with Crippen LogP contribution in [0.3, 0.4) is 0 Å². The topological polar surface area (TPSA) is 26.3 Å². The Morgan fingerprint density at radius 1 is 1.50 bits per heavy atom. The van der Waals surface area contributed by atoms with Gasteiger partial charge in [-0.15, -0.1) is 0 Å². The lowest BCUT2D eigenvalue weighted by Crippen LogP contribution is -1.94. The standard InChI is InChI=1S/C10H6BrFO2/c1-14-10(13)3-2-7-4-8(11)6-9(12)5-7/h4-6H,1H3. The van der Waals surface area contributed by atoms with E-state index in [9.17, 15) is 9.18 Å². The minimum Gasteiger partial charge on any atom is -0.459 e. The number of carbonyl (C=O) groups is 1. The summed E-state index contributed by atoms with van der Waals surface area (Å²) in [7, 11) is 1.23. The lowest BCUT2D eigenvalue weighted by Gasteiger charge is -1.93. The van der Waals surface area contributed by atoms with Crippen molar-refractivity contribution in [2.75, 3.05) is 7.11 Å². The molecule has 0 atom stereocenters. The molecule has 0 aliphatic heterocycles. The van der Waals surface area contributed by atoms with E-state index >= 15 is 0 Å². The van der Waals surface area contributed by atoms with Gasteiger partial charge in [-0.2, -0.15) is 0 Å². The maximum absolute atomic E-state index is 12.8. The van der Waals surface area contributed by atoms with E-state index in [0.29, 0.717) is 10.0 Å². The van der Waals surface area contributed by atoms with Crippen molar-refractivity contribution in [2.24, 2.45) is 0 Å². The fourth-order valence-corrected chi connectivity index (χ4v) is 1.27. The Morgan fingerprint density at radius 3 is 2.79 bits per heavy atom. The second-order valence-electron chi connectivity index (χ2n) is 2.40. The average molecular weight is 257 g/mol. The summed E-state index contributed by atoms with van der Waals surface area (Å²) in [5.41, 5.74) is 0.419. The van der Waals surface area contributed by atoms with Crippen LogP contribution in [-0.4, -0.2) is 13.1 Å². The Balaban J connectivity index is 2.95. The van der Waals surface area contributed by atoms with Crippen molar-refractivity contribution in [3.8, 4) is 11.8 Å². The van der Waals surface area contributed by atoms with Gasteiger partial charge in [-0.05, 0) is 18.2 Å². The molecule has 0 amide bonds. The number of hydrogen-bond acceptors (Lipinski definition) is 2. The number of ether oxygens (including phenoxy) is 1. The average Bonchev–Trinajstić information content (AvgIpc) is 2.12. The third-order valence-corrected chi connectivity index (χ3v) is 1.81. The monoisotopic (exact) mass is 256 g/mol. The molecule has 1 aromatic carbocycles. The van der Waals surface area contributed by atoms with Gasteiger partial charge in [0.1, 0.15) is 5.82 Å². The Hall–Kier alpha value is -1.34. The molecule has 0 bridgehead atoms. The molecule has 0 aromatic heterocycles. The zero-order valence-electron chi connectivity index (χ0n) is 7.30. The van der Waals surface area contributed by atoms with Crippen molar-refractivity contribution in [1.82, 2.24) is 0 Å². The van der Waals surface area contributed by atoms with Crippen LogP contribution in [0.2, 0.25) is 0 Å². The highest BCUT2D eigenvalue weighted by atomic mass is 79.9. The van der Waals surface area contributed by atoms with E-state index in [1.807, 2.05) is 0 Å². The van der Waals surface area contributed by atoms with Gasteiger partial charge in [0.25, 0.3) is 0 Å². The third kappa shape index (κ3) is 3.19. The molecule has 0 aliphatic rings. The summed E-state index contributed by atoms with van der Waals surface area (Å²) in [5, 5.41) is 0. The number of hydrogen-bond donors (Lipinski definition) is 0. The molecule has 0 unspecified atom stereocenters.